The lowest BCUT2D eigenvalue weighted by Gasteiger charge is -2.24. The molecule has 1 aromatic carbocycles. The lowest BCUT2D eigenvalue weighted by atomic mass is 9.81. The van der Waals surface area contributed by atoms with Crippen LogP contribution in [0.25, 0.3) is 0 Å². The molecule has 8 heteroatoms. The smallest absolute Gasteiger partial charge is 0.306 e. The van der Waals surface area contributed by atoms with E-state index in [2.05, 4.69) is 11.2 Å². The van der Waals surface area contributed by atoms with Gasteiger partial charge in [-0.2, -0.15) is 0 Å². The van der Waals surface area contributed by atoms with Crippen molar-refractivity contribution < 1.29 is 33.0 Å². The van der Waals surface area contributed by atoms with Crippen LogP contribution in [0.4, 0.5) is 0 Å². The molecule has 0 saturated heterocycles. The number of aromatic nitrogens is 1. The van der Waals surface area contributed by atoms with Crippen molar-refractivity contribution in [2.24, 2.45) is 5.92 Å². The molecule has 2 aliphatic rings. The summed E-state index contributed by atoms with van der Waals surface area (Å²) in [6.07, 6.45) is 7.31. The number of carbonyl (C=O) groups excluding carboxylic acids is 1. The molecule has 1 aromatic heterocycles. The summed E-state index contributed by atoms with van der Waals surface area (Å²) in [6, 6.07) is 11.8. The molecule has 2 aromatic rings. The van der Waals surface area contributed by atoms with E-state index in [1.54, 1.807) is 19.3 Å². The van der Waals surface area contributed by atoms with E-state index in [-0.39, 0.29) is 31.0 Å². The molecule has 0 N–H and O–H groups in total. The normalized spacial score (nSPS) is 17.3. The highest BCUT2D eigenvalue weighted by molar-refractivity contribution is 5.70. The van der Waals surface area contributed by atoms with E-state index < -0.39 is 0 Å². The molecule has 0 aliphatic carbocycles. The fourth-order valence-corrected chi connectivity index (χ4v) is 4.43. The quantitative estimate of drug-likeness (QED) is 0.310. The van der Waals surface area contributed by atoms with E-state index >= 15 is 0 Å². The highest BCUT2D eigenvalue weighted by Gasteiger charge is 2.36. The molecule has 35 heavy (non-hydrogen) atoms. The molecule has 0 radical (unpaired) electrons. The second-order valence-electron chi connectivity index (χ2n) is 8.57. The minimum Gasteiger partial charge on any atom is -0.475 e. The average Bonchev–Trinajstić information content (AvgIpc) is 3.48. The SMILES string of the molecule is CCOC(=O)CC(Cc1ccccc1)C(C1=COCO1)c1cc(OCCC2=CCCOCC2)no1. The van der Waals surface area contributed by atoms with Gasteiger partial charge in [0.05, 0.1) is 32.3 Å². The maximum atomic E-state index is 12.5. The minimum atomic E-state index is -0.381. The van der Waals surface area contributed by atoms with Crippen LogP contribution in [0.15, 0.2) is 64.6 Å². The Bertz CT molecular complexity index is 998. The van der Waals surface area contributed by atoms with Gasteiger partial charge in [0.1, 0.15) is 12.0 Å². The van der Waals surface area contributed by atoms with Crippen LogP contribution in [0.5, 0.6) is 5.88 Å². The van der Waals surface area contributed by atoms with E-state index in [1.165, 1.54) is 5.57 Å². The van der Waals surface area contributed by atoms with Crippen LogP contribution in [-0.2, 0) is 30.2 Å². The maximum Gasteiger partial charge on any atom is 0.306 e. The van der Waals surface area contributed by atoms with Gasteiger partial charge in [-0.25, -0.2) is 0 Å². The number of rotatable bonds is 12. The molecular weight excluding hydrogens is 450 g/mol. The lowest BCUT2D eigenvalue weighted by Crippen LogP contribution is -2.22. The van der Waals surface area contributed by atoms with Gasteiger partial charge in [0.15, 0.2) is 5.76 Å². The summed E-state index contributed by atoms with van der Waals surface area (Å²) in [6.45, 7) is 4.28. The van der Waals surface area contributed by atoms with Crippen LogP contribution in [-0.4, -0.2) is 44.3 Å². The van der Waals surface area contributed by atoms with Gasteiger partial charge >= 0.3 is 5.97 Å². The van der Waals surface area contributed by atoms with Gasteiger partial charge in [-0.05, 0) is 42.8 Å². The average molecular weight is 484 g/mol. The van der Waals surface area contributed by atoms with Crippen LogP contribution < -0.4 is 4.74 Å². The molecule has 0 fully saturated rings. The number of benzene rings is 1. The highest BCUT2D eigenvalue weighted by Crippen LogP contribution is 2.39. The van der Waals surface area contributed by atoms with E-state index in [0.29, 0.717) is 37.0 Å². The third kappa shape index (κ3) is 7.36. The zero-order valence-electron chi connectivity index (χ0n) is 20.1. The first-order chi connectivity index (χ1) is 17.2. The molecule has 0 amide bonds. The third-order valence-corrected chi connectivity index (χ3v) is 6.10. The predicted octanol–water partition coefficient (Wildman–Crippen LogP) is 4.92. The second kappa shape index (κ2) is 13.0. The highest BCUT2D eigenvalue weighted by atomic mass is 16.7. The Balaban J connectivity index is 1.50. The molecular formula is C27H33NO7. The predicted molar refractivity (Wildman–Crippen MR) is 127 cm³/mol. The van der Waals surface area contributed by atoms with Gasteiger partial charge in [0.2, 0.25) is 6.79 Å². The van der Waals surface area contributed by atoms with Gasteiger partial charge < -0.3 is 28.2 Å². The number of hydrogen-bond donors (Lipinski definition) is 0. The molecule has 2 aliphatic heterocycles. The second-order valence-corrected chi connectivity index (χ2v) is 8.57. The summed E-state index contributed by atoms with van der Waals surface area (Å²) >= 11 is 0. The topological polar surface area (TPSA) is 89.3 Å². The summed E-state index contributed by atoms with van der Waals surface area (Å²) in [7, 11) is 0. The Morgan fingerprint density at radius 1 is 1.20 bits per heavy atom. The molecule has 0 spiro atoms. The fraction of sp³-hybridized carbons (Fsp3) is 0.481. The van der Waals surface area contributed by atoms with Crippen molar-refractivity contribution in [2.75, 3.05) is 33.2 Å². The Morgan fingerprint density at radius 2 is 2.09 bits per heavy atom. The molecule has 3 heterocycles. The first kappa shape index (κ1) is 24.9. The van der Waals surface area contributed by atoms with Crippen molar-refractivity contribution in [3.8, 4) is 5.88 Å². The summed E-state index contributed by atoms with van der Waals surface area (Å²) in [4.78, 5) is 12.5. The van der Waals surface area contributed by atoms with E-state index in [4.69, 9.17) is 28.2 Å². The number of ether oxygens (including phenoxy) is 5. The first-order valence-electron chi connectivity index (χ1n) is 12.2. The molecule has 2 unspecified atom stereocenters. The van der Waals surface area contributed by atoms with Crippen LogP contribution in [0.1, 0.15) is 49.8 Å². The van der Waals surface area contributed by atoms with Crippen LogP contribution >= 0.6 is 0 Å². The molecule has 2 atom stereocenters. The number of esters is 1. The van der Waals surface area contributed by atoms with Crippen LogP contribution in [0.3, 0.4) is 0 Å². The van der Waals surface area contributed by atoms with Crippen LogP contribution in [0, 0.1) is 5.92 Å². The summed E-state index contributed by atoms with van der Waals surface area (Å²) in [5, 5.41) is 4.13. The number of nitrogens with zero attached hydrogens (tertiary/aromatic N) is 1. The fourth-order valence-electron chi connectivity index (χ4n) is 4.43. The van der Waals surface area contributed by atoms with E-state index in [1.807, 2.05) is 30.3 Å². The molecule has 0 saturated carbocycles. The summed E-state index contributed by atoms with van der Waals surface area (Å²) < 4.78 is 33.5. The summed E-state index contributed by atoms with van der Waals surface area (Å²) in [5.41, 5.74) is 2.44. The zero-order valence-corrected chi connectivity index (χ0v) is 20.1. The van der Waals surface area contributed by atoms with E-state index in [0.717, 1.165) is 38.0 Å². The Morgan fingerprint density at radius 3 is 2.89 bits per heavy atom. The maximum absolute atomic E-state index is 12.5. The molecule has 0 bridgehead atoms. The Kier molecular flexibility index (Phi) is 9.23. The van der Waals surface area contributed by atoms with Crippen molar-refractivity contribution in [1.29, 1.82) is 0 Å². The van der Waals surface area contributed by atoms with Crippen molar-refractivity contribution in [1.82, 2.24) is 5.16 Å². The molecule has 8 nitrogen and oxygen atoms in total. The monoisotopic (exact) mass is 483 g/mol. The minimum absolute atomic E-state index is 0.125. The van der Waals surface area contributed by atoms with Crippen LogP contribution in [0.2, 0.25) is 0 Å². The number of carbonyl (C=O) groups is 1. The van der Waals surface area contributed by atoms with Gasteiger partial charge in [-0.3, -0.25) is 4.79 Å². The number of hydrogen-bond acceptors (Lipinski definition) is 8. The Labute approximate surface area is 205 Å². The van der Waals surface area contributed by atoms with Crippen molar-refractivity contribution in [3.63, 3.8) is 0 Å². The summed E-state index contributed by atoms with van der Waals surface area (Å²) in [5.74, 6) is 0.722. The van der Waals surface area contributed by atoms with Gasteiger partial charge in [-0.1, -0.05) is 42.0 Å². The molecule has 188 valence electrons. The third-order valence-electron chi connectivity index (χ3n) is 6.10. The molecule has 4 rings (SSSR count). The van der Waals surface area contributed by atoms with Crippen molar-refractivity contribution in [2.45, 2.75) is 44.9 Å². The standard InChI is InChI=1S/C27H33NO7/c1-2-32-26(29)16-22(15-21-7-4-3-5-8-21)27(24-18-31-19-34-24)23-17-25(28-35-23)33-14-11-20-9-6-12-30-13-10-20/h3-5,7-9,17-18,22,27H,2,6,10-16,19H2,1H3. The van der Waals surface area contributed by atoms with Crippen molar-refractivity contribution >= 4 is 5.97 Å². The van der Waals surface area contributed by atoms with Gasteiger partial charge in [-0.15, -0.1) is 0 Å². The van der Waals surface area contributed by atoms with E-state index in [9.17, 15) is 4.79 Å². The largest absolute Gasteiger partial charge is 0.475 e. The van der Waals surface area contributed by atoms with Gasteiger partial charge in [0.25, 0.3) is 5.88 Å². The van der Waals surface area contributed by atoms with Gasteiger partial charge in [0, 0.05) is 18.9 Å². The lowest BCUT2D eigenvalue weighted by molar-refractivity contribution is -0.144. The Hall–Kier alpha value is -3.26. The van der Waals surface area contributed by atoms with Crippen molar-refractivity contribution in [3.05, 3.63) is 71.4 Å². The first-order valence-corrected chi connectivity index (χ1v) is 12.2. The number of allylic oxidation sites excluding steroid dienone is 1. The zero-order chi connectivity index (χ0) is 24.3.